The molecular formula is C21H26ClN3O4S. The van der Waals surface area contributed by atoms with Gasteiger partial charge in [-0.3, -0.25) is 13.9 Å². The van der Waals surface area contributed by atoms with E-state index >= 15 is 0 Å². The first-order valence-corrected chi connectivity index (χ1v) is 11.7. The maximum absolute atomic E-state index is 12.7. The van der Waals surface area contributed by atoms with E-state index in [1.165, 1.54) is 6.07 Å². The van der Waals surface area contributed by atoms with E-state index in [4.69, 9.17) is 11.6 Å². The van der Waals surface area contributed by atoms with Crippen LogP contribution in [0.25, 0.3) is 0 Å². The second kappa shape index (κ2) is 9.95. The van der Waals surface area contributed by atoms with Crippen molar-refractivity contribution in [2.75, 3.05) is 22.4 Å². The second-order valence-electron chi connectivity index (χ2n) is 7.08. The highest BCUT2D eigenvalue weighted by molar-refractivity contribution is 7.92. The number of carbonyl (C=O) groups excluding carboxylic acids is 2. The van der Waals surface area contributed by atoms with Gasteiger partial charge in [-0.2, -0.15) is 0 Å². The van der Waals surface area contributed by atoms with Gasteiger partial charge in [0.1, 0.15) is 6.54 Å². The van der Waals surface area contributed by atoms with Crippen molar-refractivity contribution >= 4 is 44.8 Å². The third-order valence-corrected chi connectivity index (χ3v) is 5.92. The maximum Gasteiger partial charge on any atom is 0.253 e. The number of halogens is 1. The Balaban J connectivity index is 2.27. The summed E-state index contributed by atoms with van der Waals surface area (Å²) >= 11 is 6.02. The number of benzene rings is 2. The van der Waals surface area contributed by atoms with Crippen LogP contribution in [-0.2, 0) is 14.8 Å². The van der Waals surface area contributed by atoms with Crippen molar-refractivity contribution in [3.63, 3.8) is 0 Å². The lowest BCUT2D eigenvalue weighted by atomic mass is 10.1. The lowest BCUT2D eigenvalue weighted by Crippen LogP contribution is -2.38. The minimum absolute atomic E-state index is 0.0206. The van der Waals surface area contributed by atoms with Crippen molar-refractivity contribution < 1.29 is 18.0 Å². The minimum Gasteiger partial charge on any atom is -0.350 e. The Morgan fingerprint density at radius 2 is 1.83 bits per heavy atom. The summed E-state index contributed by atoms with van der Waals surface area (Å²) in [5.74, 6) is -0.894. The van der Waals surface area contributed by atoms with Crippen LogP contribution in [0.15, 0.2) is 42.5 Å². The molecule has 0 aliphatic rings. The first kappa shape index (κ1) is 23.7. The van der Waals surface area contributed by atoms with Crippen LogP contribution in [0.4, 0.5) is 11.4 Å². The summed E-state index contributed by atoms with van der Waals surface area (Å²) in [6, 6.07) is 11.4. The highest BCUT2D eigenvalue weighted by atomic mass is 35.5. The Morgan fingerprint density at radius 3 is 2.47 bits per heavy atom. The molecule has 2 N–H and O–H groups in total. The van der Waals surface area contributed by atoms with Gasteiger partial charge in [-0.25, -0.2) is 8.42 Å². The SMILES string of the molecule is CC[C@H](C)NC(=O)c1ccccc1NC(=O)CN(c1cc(Cl)ccc1C)S(C)(=O)=O. The second-order valence-corrected chi connectivity index (χ2v) is 9.42. The number of rotatable bonds is 8. The minimum atomic E-state index is -3.76. The number of carbonyl (C=O) groups is 2. The largest absolute Gasteiger partial charge is 0.350 e. The van der Waals surface area contributed by atoms with Gasteiger partial charge in [-0.1, -0.05) is 36.7 Å². The predicted octanol–water partition coefficient (Wildman–Crippen LogP) is 3.58. The summed E-state index contributed by atoms with van der Waals surface area (Å²) < 4.78 is 25.7. The van der Waals surface area contributed by atoms with Crippen LogP contribution in [-0.4, -0.2) is 39.1 Å². The van der Waals surface area contributed by atoms with Gasteiger partial charge in [0.25, 0.3) is 5.91 Å². The molecule has 2 rings (SSSR count). The van der Waals surface area contributed by atoms with Crippen molar-refractivity contribution in [1.82, 2.24) is 5.32 Å². The van der Waals surface area contributed by atoms with Crippen molar-refractivity contribution in [2.24, 2.45) is 0 Å². The van der Waals surface area contributed by atoms with Crippen LogP contribution >= 0.6 is 11.6 Å². The van der Waals surface area contributed by atoms with Crippen LogP contribution < -0.4 is 14.9 Å². The Kier molecular flexibility index (Phi) is 7.86. The Morgan fingerprint density at radius 1 is 1.17 bits per heavy atom. The third-order valence-electron chi connectivity index (χ3n) is 4.56. The van der Waals surface area contributed by atoms with Gasteiger partial charge in [0, 0.05) is 11.1 Å². The summed E-state index contributed by atoms with van der Waals surface area (Å²) in [4.78, 5) is 25.2. The van der Waals surface area contributed by atoms with Crippen molar-refractivity contribution in [3.05, 3.63) is 58.6 Å². The highest BCUT2D eigenvalue weighted by Crippen LogP contribution is 2.26. The van der Waals surface area contributed by atoms with Crippen LogP contribution in [0.2, 0.25) is 5.02 Å². The fraction of sp³-hybridized carbons (Fsp3) is 0.333. The molecule has 0 saturated carbocycles. The van der Waals surface area contributed by atoms with E-state index in [0.29, 0.717) is 27.5 Å². The zero-order valence-electron chi connectivity index (χ0n) is 17.4. The average Bonchev–Trinajstić information content (AvgIpc) is 2.67. The van der Waals surface area contributed by atoms with E-state index < -0.39 is 22.5 Å². The van der Waals surface area contributed by atoms with Gasteiger partial charge in [-0.15, -0.1) is 0 Å². The molecule has 9 heteroatoms. The molecule has 0 fully saturated rings. The topological polar surface area (TPSA) is 95.6 Å². The molecule has 2 amide bonds. The summed E-state index contributed by atoms with van der Waals surface area (Å²) in [5.41, 5.74) is 1.59. The number of amides is 2. The molecule has 0 spiro atoms. The Hall–Kier alpha value is -2.58. The molecule has 0 bridgehead atoms. The molecule has 0 unspecified atom stereocenters. The zero-order chi connectivity index (χ0) is 22.5. The number of sulfonamides is 1. The number of anilines is 2. The smallest absolute Gasteiger partial charge is 0.253 e. The first-order valence-electron chi connectivity index (χ1n) is 9.46. The Labute approximate surface area is 182 Å². The van der Waals surface area contributed by atoms with Crippen LogP contribution in [0.1, 0.15) is 36.2 Å². The van der Waals surface area contributed by atoms with Crippen molar-refractivity contribution in [2.45, 2.75) is 33.2 Å². The van der Waals surface area contributed by atoms with E-state index in [0.717, 1.165) is 17.0 Å². The highest BCUT2D eigenvalue weighted by Gasteiger charge is 2.23. The van der Waals surface area contributed by atoms with Gasteiger partial charge in [0.2, 0.25) is 15.9 Å². The van der Waals surface area contributed by atoms with E-state index in [-0.39, 0.29) is 11.9 Å². The summed E-state index contributed by atoms with van der Waals surface area (Å²) in [6.07, 6.45) is 1.79. The predicted molar refractivity (Wildman–Crippen MR) is 121 cm³/mol. The van der Waals surface area contributed by atoms with Crippen molar-refractivity contribution in [3.8, 4) is 0 Å². The molecule has 30 heavy (non-hydrogen) atoms. The lowest BCUT2D eigenvalue weighted by molar-refractivity contribution is -0.114. The lowest BCUT2D eigenvalue weighted by Gasteiger charge is -2.24. The summed E-state index contributed by atoms with van der Waals surface area (Å²) in [5, 5.41) is 5.86. The molecule has 162 valence electrons. The molecule has 2 aromatic rings. The normalized spacial score (nSPS) is 12.2. The third kappa shape index (κ3) is 6.21. The number of para-hydroxylation sites is 1. The van der Waals surface area contributed by atoms with Gasteiger partial charge < -0.3 is 10.6 Å². The molecule has 0 heterocycles. The number of hydrogen-bond donors (Lipinski definition) is 2. The molecule has 2 aromatic carbocycles. The molecule has 0 aliphatic carbocycles. The van der Waals surface area contributed by atoms with E-state index in [2.05, 4.69) is 10.6 Å². The van der Waals surface area contributed by atoms with Crippen LogP contribution in [0, 0.1) is 6.92 Å². The Bertz CT molecular complexity index is 1040. The molecular weight excluding hydrogens is 426 g/mol. The number of nitrogens with one attached hydrogen (secondary N) is 2. The number of aryl methyl sites for hydroxylation is 1. The van der Waals surface area contributed by atoms with Crippen molar-refractivity contribution in [1.29, 1.82) is 0 Å². The van der Waals surface area contributed by atoms with Crippen LogP contribution in [0.5, 0.6) is 0 Å². The zero-order valence-corrected chi connectivity index (χ0v) is 19.0. The van der Waals surface area contributed by atoms with Gasteiger partial charge in [0.15, 0.2) is 0 Å². The summed E-state index contributed by atoms with van der Waals surface area (Å²) in [6.45, 7) is 5.12. The van der Waals surface area contributed by atoms with E-state index in [1.807, 2.05) is 13.8 Å². The number of hydrogen-bond acceptors (Lipinski definition) is 4. The van der Waals surface area contributed by atoms with Gasteiger partial charge in [0.05, 0.1) is 23.2 Å². The maximum atomic E-state index is 12.7. The van der Waals surface area contributed by atoms with E-state index in [9.17, 15) is 18.0 Å². The summed E-state index contributed by atoms with van der Waals surface area (Å²) in [7, 11) is -3.76. The molecule has 0 aliphatic heterocycles. The monoisotopic (exact) mass is 451 g/mol. The number of nitrogens with zero attached hydrogens (tertiary/aromatic N) is 1. The molecule has 0 aromatic heterocycles. The molecule has 0 radical (unpaired) electrons. The van der Waals surface area contributed by atoms with Crippen LogP contribution in [0.3, 0.4) is 0 Å². The fourth-order valence-electron chi connectivity index (χ4n) is 2.75. The average molecular weight is 452 g/mol. The van der Waals surface area contributed by atoms with Gasteiger partial charge in [-0.05, 0) is 50.1 Å². The van der Waals surface area contributed by atoms with E-state index in [1.54, 1.807) is 43.3 Å². The first-order chi connectivity index (χ1) is 14.0. The fourth-order valence-corrected chi connectivity index (χ4v) is 3.82. The molecule has 1 atom stereocenters. The molecule has 7 nitrogen and oxygen atoms in total. The quantitative estimate of drug-likeness (QED) is 0.641. The van der Waals surface area contributed by atoms with Gasteiger partial charge >= 0.3 is 0 Å². The molecule has 0 saturated heterocycles. The standard InChI is InChI=1S/C21H26ClN3O4S/c1-5-15(3)23-21(27)17-8-6-7-9-18(17)24-20(26)13-25(30(4,28)29)19-12-16(22)11-10-14(19)2/h6-12,15H,5,13H2,1-4H3,(H,23,27)(H,24,26)/t15-/m0/s1.